The van der Waals surface area contributed by atoms with Crippen LogP contribution in [0.2, 0.25) is 0 Å². The maximum Gasteiger partial charge on any atom is 0.319 e. The predicted octanol–water partition coefficient (Wildman–Crippen LogP) is -0.156. The Morgan fingerprint density at radius 1 is 1.56 bits per heavy atom. The second-order valence-electron chi connectivity index (χ2n) is 4.29. The lowest BCUT2D eigenvalue weighted by Gasteiger charge is -2.15. The van der Waals surface area contributed by atoms with Crippen LogP contribution in [-0.2, 0) is 17.9 Å². The third-order valence-corrected chi connectivity index (χ3v) is 2.88. The van der Waals surface area contributed by atoms with Gasteiger partial charge in [0, 0.05) is 31.9 Å². The molecule has 98 valence electrons. The van der Waals surface area contributed by atoms with Gasteiger partial charge in [-0.1, -0.05) is 0 Å². The van der Waals surface area contributed by atoms with E-state index in [2.05, 4.69) is 10.4 Å². The summed E-state index contributed by atoms with van der Waals surface area (Å²) >= 11 is 0. The highest BCUT2D eigenvalue weighted by molar-refractivity contribution is 5.86. The van der Waals surface area contributed by atoms with Crippen LogP contribution in [0.5, 0.6) is 0 Å². The Hall–Kier alpha value is -2.05. The zero-order valence-corrected chi connectivity index (χ0v) is 10.6. The van der Waals surface area contributed by atoms with Gasteiger partial charge >= 0.3 is 6.03 Å². The summed E-state index contributed by atoms with van der Waals surface area (Å²) < 4.78 is 1.80. The van der Waals surface area contributed by atoms with E-state index in [1.54, 1.807) is 17.9 Å². The minimum absolute atomic E-state index is 0.0380. The van der Waals surface area contributed by atoms with E-state index < -0.39 is 0 Å². The van der Waals surface area contributed by atoms with Gasteiger partial charge in [-0.25, -0.2) is 4.79 Å². The summed E-state index contributed by atoms with van der Waals surface area (Å²) in [5, 5.41) is 6.90. The average molecular weight is 251 g/mol. The minimum Gasteiger partial charge on any atom is -0.334 e. The van der Waals surface area contributed by atoms with Gasteiger partial charge in [-0.3, -0.25) is 14.4 Å². The summed E-state index contributed by atoms with van der Waals surface area (Å²) in [6.07, 6.45) is 3.62. The van der Waals surface area contributed by atoms with Gasteiger partial charge in [-0.15, -0.1) is 0 Å². The topological polar surface area (TPSA) is 70.5 Å². The summed E-state index contributed by atoms with van der Waals surface area (Å²) in [6, 6.07) is -0.225. The Morgan fingerprint density at radius 3 is 2.89 bits per heavy atom. The molecule has 1 saturated heterocycles. The normalized spacial score (nSPS) is 15.3. The molecule has 0 bridgehead atoms. The van der Waals surface area contributed by atoms with Crippen molar-refractivity contribution < 1.29 is 9.59 Å². The Balaban J connectivity index is 1.83. The van der Waals surface area contributed by atoms with Crippen molar-refractivity contribution in [3.05, 3.63) is 18.0 Å². The molecule has 7 nitrogen and oxygen atoms in total. The van der Waals surface area contributed by atoms with Gasteiger partial charge in [-0.2, -0.15) is 5.10 Å². The molecule has 1 fully saturated rings. The van der Waals surface area contributed by atoms with Crippen LogP contribution in [0.1, 0.15) is 12.5 Å². The second kappa shape index (κ2) is 5.07. The molecule has 1 aromatic heterocycles. The Labute approximate surface area is 105 Å². The molecule has 1 N–H and O–H groups in total. The van der Waals surface area contributed by atoms with Crippen LogP contribution in [0.15, 0.2) is 12.4 Å². The van der Waals surface area contributed by atoms with Gasteiger partial charge in [0.25, 0.3) is 0 Å². The van der Waals surface area contributed by atoms with Crippen LogP contribution >= 0.6 is 0 Å². The fourth-order valence-electron chi connectivity index (χ4n) is 1.77. The van der Waals surface area contributed by atoms with Crippen molar-refractivity contribution in [2.24, 2.45) is 0 Å². The summed E-state index contributed by atoms with van der Waals surface area (Å²) in [6.45, 7) is 3.73. The zero-order valence-electron chi connectivity index (χ0n) is 10.6. The number of aromatic nitrogens is 2. The summed E-state index contributed by atoms with van der Waals surface area (Å²) in [5.41, 5.74) is 0.948. The number of hydrogen-bond donors (Lipinski definition) is 1. The van der Waals surface area contributed by atoms with Crippen LogP contribution in [0.4, 0.5) is 4.79 Å². The molecule has 0 saturated carbocycles. The first-order valence-electron chi connectivity index (χ1n) is 5.88. The summed E-state index contributed by atoms with van der Waals surface area (Å²) in [4.78, 5) is 26.1. The van der Waals surface area contributed by atoms with Gasteiger partial charge in [0.1, 0.15) is 6.54 Å². The number of urea groups is 1. The molecule has 0 spiro atoms. The van der Waals surface area contributed by atoms with Crippen LogP contribution in [0.3, 0.4) is 0 Å². The number of nitrogens with one attached hydrogen (secondary N) is 1. The SMILES string of the molecule is CCn1cc(CNC(=O)N2CC(=O)N(C)C2)cn1. The number of likely N-dealkylation sites (N-methyl/N-ethyl adjacent to an activating group) is 1. The van der Waals surface area contributed by atoms with Crippen molar-refractivity contribution in [2.75, 3.05) is 20.3 Å². The molecule has 2 heterocycles. The first kappa shape index (κ1) is 12.4. The molecule has 0 atom stereocenters. The highest BCUT2D eigenvalue weighted by atomic mass is 16.2. The quantitative estimate of drug-likeness (QED) is 0.811. The lowest BCUT2D eigenvalue weighted by molar-refractivity contribution is -0.125. The molecular formula is C11H17N5O2. The number of hydrogen-bond acceptors (Lipinski definition) is 3. The zero-order chi connectivity index (χ0) is 13.1. The minimum atomic E-state index is -0.225. The largest absolute Gasteiger partial charge is 0.334 e. The third-order valence-electron chi connectivity index (χ3n) is 2.88. The van der Waals surface area contributed by atoms with Gasteiger partial charge in [0.15, 0.2) is 0 Å². The molecule has 0 aromatic carbocycles. The number of rotatable bonds is 3. The molecule has 3 amide bonds. The van der Waals surface area contributed by atoms with E-state index in [-0.39, 0.29) is 18.5 Å². The molecule has 2 rings (SSSR count). The fourth-order valence-corrected chi connectivity index (χ4v) is 1.77. The molecule has 0 aliphatic carbocycles. The van der Waals surface area contributed by atoms with Crippen LogP contribution < -0.4 is 5.32 Å². The first-order valence-corrected chi connectivity index (χ1v) is 5.88. The molecule has 0 unspecified atom stereocenters. The number of nitrogens with zero attached hydrogens (tertiary/aromatic N) is 4. The molecule has 7 heteroatoms. The van der Waals surface area contributed by atoms with E-state index >= 15 is 0 Å². The highest BCUT2D eigenvalue weighted by Gasteiger charge is 2.27. The smallest absolute Gasteiger partial charge is 0.319 e. The van der Waals surface area contributed by atoms with Gasteiger partial charge < -0.3 is 10.2 Å². The Kier molecular flexibility index (Phi) is 3.50. The standard InChI is InChI=1S/C11H17N5O2/c1-3-16-6-9(5-13-16)4-12-11(18)15-7-10(17)14(2)8-15/h5-6H,3-4,7-8H2,1-2H3,(H,12,18). The second-order valence-corrected chi connectivity index (χ2v) is 4.29. The lowest BCUT2D eigenvalue weighted by Crippen LogP contribution is -2.38. The predicted molar refractivity (Wildman–Crippen MR) is 64.5 cm³/mol. The van der Waals surface area contributed by atoms with E-state index in [9.17, 15) is 9.59 Å². The number of carbonyl (C=O) groups is 2. The van der Waals surface area contributed by atoms with Crippen molar-refractivity contribution >= 4 is 11.9 Å². The maximum atomic E-state index is 11.8. The molecule has 1 aliphatic rings. The van der Waals surface area contributed by atoms with Crippen molar-refractivity contribution in [3.63, 3.8) is 0 Å². The van der Waals surface area contributed by atoms with E-state index in [0.29, 0.717) is 13.2 Å². The summed E-state index contributed by atoms with van der Waals surface area (Å²) in [7, 11) is 1.68. The molecular weight excluding hydrogens is 234 g/mol. The number of carbonyl (C=O) groups excluding carboxylic acids is 2. The molecule has 0 radical (unpaired) electrons. The van der Waals surface area contributed by atoms with Crippen LogP contribution in [0, 0.1) is 0 Å². The van der Waals surface area contributed by atoms with Gasteiger partial charge in [0.05, 0.1) is 12.9 Å². The lowest BCUT2D eigenvalue weighted by atomic mass is 10.3. The maximum absolute atomic E-state index is 11.8. The van der Waals surface area contributed by atoms with Crippen LogP contribution in [0.25, 0.3) is 0 Å². The van der Waals surface area contributed by atoms with E-state index in [0.717, 1.165) is 12.1 Å². The first-order chi connectivity index (χ1) is 8.60. The molecule has 1 aromatic rings. The van der Waals surface area contributed by atoms with Crippen molar-refractivity contribution in [1.29, 1.82) is 0 Å². The average Bonchev–Trinajstić information content (AvgIpc) is 2.94. The number of amides is 3. The fraction of sp³-hybridized carbons (Fsp3) is 0.545. The molecule has 18 heavy (non-hydrogen) atoms. The van der Waals surface area contributed by atoms with Crippen molar-refractivity contribution in [1.82, 2.24) is 24.9 Å². The molecule has 1 aliphatic heterocycles. The van der Waals surface area contributed by atoms with E-state index in [4.69, 9.17) is 0 Å². The summed E-state index contributed by atoms with van der Waals surface area (Å²) in [5.74, 6) is -0.0380. The van der Waals surface area contributed by atoms with Gasteiger partial charge in [0.2, 0.25) is 5.91 Å². The van der Waals surface area contributed by atoms with E-state index in [1.165, 1.54) is 9.80 Å². The Bertz CT molecular complexity index is 456. The number of aryl methyl sites for hydroxylation is 1. The Morgan fingerprint density at radius 2 is 2.33 bits per heavy atom. The van der Waals surface area contributed by atoms with Crippen molar-refractivity contribution in [3.8, 4) is 0 Å². The third kappa shape index (κ3) is 2.61. The van der Waals surface area contributed by atoms with Crippen molar-refractivity contribution in [2.45, 2.75) is 20.0 Å². The van der Waals surface area contributed by atoms with E-state index in [1.807, 2.05) is 13.1 Å². The monoisotopic (exact) mass is 251 g/mol. The van der Waals surface area contributed by atoms with Crippen LogP contribution in [-0.4, -0.2) is 51.8 Å². The highest BCUT2D eigenvalue weighted by Crippen LogP contribution is 2.04. The van der Waals surface area contributed by atoms with Gasteiger partial charge in [-0.05, 0) is 6.92 Å².